The molecule has 0 aromatic heterocycles. The summed E-state index contributed by atoms with van der Waals surface area (Å²) in [6, 6.07) is 9.34. The third-order valence-electron chi connectivity index (χ3n) is 2.71. The van der Waals surface area contributed by atoms with Crippen LogP contribution in [0.3, 0.4) is 0 Å². The van der Waals surface area contributed by atoms with E-state index in [2.05, 4.69) is 0 Å². The van der Waals surface area contributed by atoms with Crippen molar-refractivity contribution < 1.29 is 27.7 Å². The highest BCUT2D eigenvalue weighted by Gasteiger charge is 2.27. The lowest BCUT2D eigenvalue weighted by Gasteiger charge is -2.17. The minimum absolute atomic E-state index is 0.0977. The fourth-order valence-corrected chi connectivity index (χ4v) is 2.99. The standard InChI is InChI=1S/C16H23O6P/c1-5-19-23(18,20-6-2)22-13(3)12-16(17)21-14(4)15-10-8-7-9-11-15/h7-12,14H,5-6H2,1-4H3. The van der Waals surface area contributed by atoms with E-state index >= 15 is 0 Å². The van der Waals surface area contributed by atoms with E-state index < -0.39 is 19.9 Å². The molecule has 0 aliphatic heterocycles. The number of rotatable bonds is 9. The van der Waals surface area contributed by atoms with Gasteiger partial charge in [-0.1, -0.05) is 30.3 Å². The van der Waals surface area contributed by atoms with E-state index in [-0.39, 0.29) is 19.0 Å². The van der Waals surface area contributed by atoms with Crippen LogP contribution in [0.25, 0.3) is 0 Å². The molecular formula is C16H23O6P. The van der Waals surface area contributed by atoms with Crippen molar-refractivity contribution in [2.75, 3.05) is 13.2 Å². The van der Waals surface area contributed by atoms with Crippen LogP contribution in [0.2, 0.25) is 0 Å². The fourth-order valence-electron chi connectivity index (χ4n) is 1.78. The first kappa shape index (κ1) is 19.4. The van der Waals surface area contributed by atoms with Gasteiger partial charge in [-0.3, -0.25) is 9.05 Å². The van der Waals surface area contributed by atoms with Crippen LogP contribution in [0, 0.1) is 0 Å². The molecule has 23 heavy (non-hydrogen) atoms. The lowest BCUT2D eigenvalue weighted by atomic mass is 10.1. The van der Waals surface area contributed by atoms with Crippen molar-refractivity contribution in [2.45, 2.75) is 33.8 Å². The summed E-state index contributed by atoms with van der Waals surface area (Å²) in [7, 11) is -3.70. The molecular weight excluding hydrogens is 319 g/mol. The van der Waals surface area contributed by atoms with Crippen LogP contribution in [0.4, 0.5) is 0 Å². The van der Waals surface area contributed by atoms with Gasteiger partial charge in [0.05, 0.1) is 19.3 Å². The first-order valence-corrected chi connectivity index (χ1v) is 8.88. The van der Waals surface area contributed by atoms with Gasteiger partial charge in [0.25, 0.3) is 0 Å². The van der Waals surface area contributed by atoms with E-state index in [1.807, 2.05) is 30.3 Å². The van der Waals surface area contributed by atoms with Gasteiger partial charge in [0.15, 0.2) is 0 Å². The number of carbonyl (C=O) groups is 1. The average molecular weight is 342 g/mol. The molecule has 0 saturated heterocycles. The highest BCUT2D eigenvalue weighted by atomic mass is 31.2. The predicted molar refractivity (Wildman–Crippen MR) is 86.6 cm³/mol. The van der Waals surface area contributed by atoms with Crippen LogP contribution in [0.15, 0.2) is 42.2 Å². The minimum atomic E-state index is -3.70. The summed E-state index contributed by atoms with van der Waals surface area (Å²) in [6.45, 7) is 6.93. The third-order valence-corrected chi connectivity index (χ3v) is 4.37. The molecule has 1 aromatic rings. The molecule has 0 N–H and O–H groups in total. The second kappa shape index (κ2) is 9.50. The normalized spacial score (nSPS) is 13.5. The maximum Gasteiger partial charge on any atom is 0.529 e. The Balaban J connectivity index is 2.66. The minimum Gasteiger partial charge on any atom is -0.455 e. The van der Waals surface area contributed by atoms with E-state index in [1.54, 1.807) is 20.8 Å². The molecule has 0 aliphatic rings. The Morgan fingerprint density at radius 1 is 1.17 bits per heavy atom. The molecule has 1 unspecified atom stereocenters. The summed E-state index contributed by atoms with van der Waals surface area (Å²) in [5.74, 6) is -0.501. The second-order valence-corrected chi connectivity index (χ2v) is 6.21. The van der Waals surface area contributed by atoms with E-state index in [4.69, 9.17) is 18.3 Å². The van der Waals surface area contributed by atoms with Crippen molar-refractivity contribution in [1.82, 2.24) is 0 Å². The van der Waals surface area contributed by atoms with Gasteiger partial charge in [-0.05, 0) is 33.3 Å². The summed E-state index contributed by atoms with van der Waals surface area (Å²) < 4.78 is 32.6. The Bertz CT molecular complexity index is 559. The Kier molecular flexibility index (Phi) is 8.03. The Hall–Kier alpha value is -1.62. The summed E-state index contributed by atoms with van der Waals surface area (Å²) in [5.41, 5.74) is 0.877. The number of benzene rings is 1. The Morgan fingerprint density at radius 2 is 1.74 bits per heavy atom. The number of ether oxygens (including phenoxy) is 1. The number of esters is 1. The first-order chi connectivity index (χ1) is 10.9. The van der Waals surface area contributed by atoms with Crippen LogP contribution < -0.4 is 0 Å². The van der Waals surface area contributed by atoms with Gasteiger partial charge in [0, 0.05) is 0 Å². The van der Waals surface area contributed by atoms with E-state index in [0.29, 0.717) is 0 Å². The number of phosphoric ester groups is 1. The largest absolute Gasteiger partial charge is 0.529 e. The van der Waals surface area contributed by atoms with Crippen LogP contribution in [0.5, 0.6) is 0 Å². The molecule has 1 rings (SSSR count). The lowest BCUT2D eigenvalue weighted by Crippen LogP contribution is -2.07. The van der Waals surface area contributed by atoms with Crippen molar-refractivity contribution >= 4 is 13.8 Å². The van der Waals surface area contributed by atoms with Crippen LogP contribution in [-0.4, -0.2) is 19.2 Å². The average Bonchev–Trinajstić information content (AvgIpc) is 2.47. The zero-order chi connectivity index (χ0) is 17.3. The van der Waals surface area contributed by atoms with Gasteiger partial charge in [-0.15, -0.1) is 0 Å². The predicted octanol–water partition coefficient (Wildman–Crippen LogP) is 4.39. The molecule has 0 radical (unpaired) electrons. The zero-order valence-electron chi connectivity index (χ0n) is 13.9. The van der Waals surface area contributed by atoms with E-state index in [1.165, 1.54) is 6.92 Å². The van der Waals surface area contributed by atoms with E-state index in [9.17, 15) is 9.36 Å². The van der Waals surface area contributed by atoms with Crippen molar-refractivity contribution in [3.05, 3.63) is 47.7 Å². The van der Waals surface area contributed by atoms with Crippen molar-refractivity contribution in [2.24, 2.45) is 0 Å². The molecule has 6 nitrogen and oxygen atoms in total. The second-order valence-electron chi connectivity index (χ2n) is 4.62. The third kappa shape index (κ3) is 6.99. The fraction of sp³-hybridized carbons (Fsp3) is 0.438. The lowest BCUT2D eigenvalue weighted by molar-refractivity contribution is -0.142. The summed E-state index contributed by atoms with van der Waals surface area (Å²) in [4.78, 5) is 11.9. The quantitative estimate of drug-likeness (QED) is 0.287. The maximum atomic E-state index is 12.2. The van der Waals surface area contributed by atoms with Crippen LogP contribution in [-0.2, 0) is 27.7 Å². The molecule has 0 bridgehead atoms. The van der Waals surface area contributed by atoms with Crippen LogP contribution >= 0.6 is 7.82 Å². The molecule has 1 aromatic carbocycles. The van der Waals surface area contributed by atoms with Gasteiger partial charge in [-0.2, -0.15) is 0 Å². The van der Waals surface area contributed by atoms with E-state index in [0.717, 1.165) is 11.6 Å². The molecule has 0 spiro atoms. The zero-order valence-corrected chi connectivity index (χ0v) is 14.7. The molecule has 0 amide bonds. The van der Waals surface area contributed by atoms with Gasteiger partial charge in [-0.25, -0.2) is 9.36 Å². The van der Waals surface area contributed by atoms with Gasteiger partial charge < -0.3 is 9.26 Å². The molecule has 128 valence electrons. The molecule has 0 saturated carbocycles. The summed E-state index contributed by atoms with van der Waals surface area (Å²) in [6.07, 6.45) is 0.711. The Morgan fingerprint density at radius 3 is 2.26 bits per heavy atom. The van der Waals surface area contributed by atoms with Crippen molar-refractivity contribution in [3.8, 4) is 0 Å². The topological polar surface area (TPSA) is 71.1 Å². The summed E-state index contributed by atoms with van der Waals surface area (Å²) in [5, 5.41) is 0. The molecule has 0 aliphatic carbocycles. The molecule has 7 heteroatoms. The maximum absolute atomic E-state index is 12.2. The van der Waals surface area contributed by atoms with Crippen LogP contribution in [0.1, 0.15) is 39.4 Å². The van der Waals surface area contributed by atoms with Gasteiger partial charge >= 0.3 is 13.8 Å². The smallest absolute Gasteiger partial charge is 0.455 e. The number of phosphoric acid groups is 1. The molecule has 1 atom stereocenters. The number of hydrogen-bond donors (Lipinski definition) is 0. The van der Waals surface area contributed by atoms with Crippen molar-refractivity contribution in [1.29, 1.82) is 0 Å². The van der Waals surface area contributed by atoms with Gasteiger partial charge in [0.1, 0.15) is 11.9 Å². The molecule has 0 heterocycles. The monoisotopic (exact) mass is 342 g/mol. The van der Waals surface area contributed by atoms with Crippen molar-refractivity contribution in [3.63, 3.8) is 0 Å². The highest BCUT2D eigenvalue weighted by molar-refractivity contribution is 7.48. The number of hydrogen-bond acceptors (Lipinski definition) is 6. The molecule has 0 fully saturated rings. The number of carbonyl (C=O) groups excluding carboxylic acids is 1. The van der Waals surface area contributed by atoms with Gasteiger partial charge in [0.2, 0.25) is 0 Å². The SMILES string of the molecule is CCOP(=O)(OCC)OC(C)=CC(=O)OC(C)c1ccccc1. The highest BCUT2D eigenvalue weighted by Crippen LogP contribution is 2.51. The Labute approximate surface area is 137 Å². The summed E-state index contributed by atoms with van der Waals surface area (Å²) >= 11 is 0. The number of allylic oxidation sites excluding steroid dienone is 1. The first-order valence-electron chi connectivity index (χ1n) is 7.42.